The summed E-state index contributed by atoms with van der Waals surface area (Å²) >= 11 is -0.400. The molecule has 70 valence electrons. The first kappa shape index (κ1) is 9.11. The fourth-order valence-corrected chi connectivity index (χ4v) is 5.18. The molecule has 0 saturated carbocycles. The number of carbonyl (C=O) groups is 1. The van der Waals surface area contributed by atoms with Crippen molar-refractivity contribution in [3.8, 4) is 0 Å². The molecule has 0 atom stereocenters. The van der Waals surface area contributed by atoms with Gasteiger partial charge in [-0.3, -0.25) is 0 Å². The van der Waals surface area contributed by atoms with E-state index in [1.54, 1.807) is 0 Å². The van der Waals surface area contributed by atoms with Gasteiger partial charge in [-0.05, 0) is 0 Å². The Morgan fingerprint density at radius 1 is 1.31 bits per heavy atom. The molecule has 0 spiro atoms. The molecule has 0 unspecified atom stereocenters. The Hall–Kier alpha value is -0.460. The zero-order chi connectivity index (χ0) is 9.42. The van der Waals surface area contributed by atoms with Crippen molar-refractivity contribution in [3.63, 3.8) is 0 Å². The second kappa shape index (κ2) is 3.36. The van der Waals surface area contributed by atoms with Crippen LogP contribution < -0.4 is 11.5 Å². The van der Waals surface area contributed by atoms with Gasteiger partial charge in [0.1, 0.15) is 0 Å². The van der Waals surface area contributed by atoms with E-state index >= 15 is 0 Å². The van der Waals surface area contributed by atoms with Gasteiger partial charge in [0.05, 0.1) is 0 Å². The van der Waals surface area contributed by atoms with E-state index in [1.807, 2.05) is 0 Å². The number of carbonyl (C=O) groups excluding carboxylic acids is 1. The van der Waals surface area contributed by atoms with E-state index in [0.717, 1.165) is 16.5 Å². The van der Waals surface area contributed by atoms with Crippen LogP contribution in [0.5, 0.6) is 0 Å². The zero-order valence-corrected chi connectivity index (χ0v) is 9.63. The third kappa shape index (κ3) is 1.49. The molecule has 0 fully saturated rings. The van der Waals surface area contributed by atoms with Gasteiger partial charge in [0.15, 0.2) is 0 Å². The van der Waals surface area contributed by atoms with Gasteiger partial charge in [0.25, 0.3) is 0 Å². The summed E-state index contributed by atoms with van der Waals surface area (Å²) in [6.07, 6.45) is 4.59. The van der Waals surface area contributed by atoms with Crippen LogP contribution >= 0.6 is 0 Å². The summed E-state index contributed by atoms with van der Waals surface area (Å²) in [5.41, 5.74) is 13.0. The molecular weight excluding hydrogens is 280 g/mol. The Bertz CT molecular complexity index is 357. The Morgan fingerprint density at radius 3 is 2.69 bits per heavy atom. The average Bonchev–Trinajstić information content (AvgIpc) is 2.39. The van der Waals surface area contributed by atoms with Gasteiger partial charge < -0.3 is 0 Å². The molecule has 13 heavy (non-hydrogen) atoms. The molecule has 1 aromatic rings. The maximum atomic E-state index is 11.1. The van der Waals surface area contributed by atoms with Crippen LogP contribution in [0.25, 0.3) is 0 Å². The molecule has 1 aliphatic rings. The number of amides is 1. The molecule has 0 radical (unpaired) electrons. The van der Waals surface area contributed by atoms with Gasteiger partial charge in [-0.2, -0.15) is 0 Å². The first-order chi connectivity index (χ1) is 6.20. The third-order valence-corrected chi connectivity index (χ3v) is 5.64. The van der Waals surface area contributed by atoms with Gasteiger partial charge in [-0.25, -0.2) is 0 Å². The molecular formula is C9H12N2OTe. The molecule has 0 saturated heterocycles. The molecule has 0 aliphatic heterocycles. The second-order valence-electron chi connectivity index (χ2n) is 3.31. The van der Waals surface area contributed by atoms with Crippen LogP contribution in [-0.4, -0.2) is 26.3 Å². The Kier molecular flexibility index (Phi) is 2.35. The molecule has 4 N–H and O–H groups in total. The number of primary amides is 1. The molecule has 1 amide bonds. The number of hydrogen-bond donors (Lipinski definition) is 2. The first-order valence-corrected chi connectivity index (χ1v) is 6.73. The summed E-state index contributed by atoms with van der Waals surface area (Å²) in [6.45, 7) is 0. The Morgan fingerprint density at radius 2 is 2.00 bits per heavy atom. The number of fused-ring (bicyclic) bond motifs is 1. The number of hydrogen-bond acceptors (Lipinski definition) is 2. The minimum absolute atomic E-state index is 0.325. The van der Waals surface area contributed by atoms with Crippen molar-refractivity contribution in [1.29, 1.82) is 0 Å². The molecule has 2 rings (SSSR count). The number of nitrogen functional groups attached to an aromatic ring is 1. The van der Waals surface area contributed by atoms with Crippen LogP contribution in [0.4, 0.5) is 3.70 Å². The van der Waals surface area contributed by atoms with Crippen LogP contribution in [0.15, 0.2) is 0 Å². The van der Waals surface area contributed by atoms with Crippen molar-refractivity contribution in [1.82, 2.24) is 0 Å². The van der Waals surface area contributed by atoms with Crippen LogP contribution in [0.2, 0.25) is 0 Å². The van der Waals surface area contributed by atoms with Gasteiger partial charge in [-0.15, -0.1) is 0 Å². The maximum absolute atomic E-state index is 11.1. The van der Waals surface area contributed by atoms with Gasteiger partial charge in [0, 0.05) is 0 Å². The van der Waals surface area contributed by atoms with E-state index in [9.17, 15) is 4.79 Å². The van der Waals surface area contributed by atoms with Crippen LogP contribution in [0.1, 0.15) is 32.3 Å². The average molecular weight is 292 g/mol. The molecule has 1 aliphatic carbocycles. The van der Waals surface area contributed by atoms with Gasteiger partial charge >= 0.3 is 86.7 Å². The van der Waals surface area contributed by atoms with E-state index in [-0.39, 0.29) is 5.91 Å². The topological polar surface area (TPSA) is 69.1 Å². The van der Waals surface area contributed by atoms with E-state index in [1.165, 1.54) is 22.0 Å². The van der Waals surface area contributed by atoms with E-state index in [0.29, 0.717) is 5.56 Å². The quantitative estimate of drug-likeness (QED) is 0.731. The molecule has 1 aromatic heterocycles. The van der Waals surface area contributed by atoms with Crippen molar-refractivity contribution in [2.75, 3.05) is 5.73 Å². The molecule has 4 heteroatoms. The van der Waals surface area contributed by atoms with E-state index < -0.39 is 20.4 Å². The second-order valence-corrected chi connectivity index (χ2v) is 6.56. The number of nitrogens with two attached hydrogens (primary N) is 2. The van der Waals surface area contributed by atoms with Gasteiger partial charge in [0.2, 0.25) is 0 Å². The van der Waals surface area contributed by atoms with Crippen LogP contribution in [-0.2, 0) is 12.8 Å². The standard InChI is InChI=1S/C9H12N2OTe/c10-8(12)7-5-3-1-2-4-6(5)13-9(7)11/h1-4,11H2,(H2,10,12). The molecule has 1 heterocycles. The van der Waals surface area contributed by atoms with Crippen molar-refractivity contribution in [2.45, 2.75) is 25.7 Å². The van der Waals surface area contributed by atoms with Crippen LogP contribution in [0.3, 0.4) is 0 Å². The van der Waals surface area contributed by atoms with E-state index in [4.69, 9.17) is 11.5 Å². The molecule has 0 aromatic carbocycles. The minimum atomic E-state index is -0.400. The molecule has 0 bridgehead atoms. The van der Waals surface area contributed by atoms with Crippen molar-refractivity contribution < 1.29 is 4.79 Å². The summed E-state index contributed by atoms with van der Waals surface area (Å²) in [7, 11) is 0. The number of anilines is 1. The number of rotatable bonds is 1. The molecule has 3 nitrogen and oxygen atoms in total. The third-order valence-electron chi connectivity index (χ3n) is 2.44. The monoisotopic (exact) mass is 294 g/mol. The number of aryl methyl sites for hydroxylation is 1. The fraction of sp³-hybridized carbons (Fsp3) is 0.444. The SMILES string of the molecule is NC(=O)c1c(N)[te]c2c1CCCC2. The predicted octanol–water partition coefficient (Wildman–Crippen LogP) is 0.303. The van der Waals surface area contributed by atoms with Crippen molar-refractivity contribution >= 4 is 30.0 Å². The summed E-state index contributed by atoms with van der Waals surface area (Å²) in [5.74, 6) is -0.325. The Balaban J connectivity index is 2.54. The summed E-state index contributed by atoms with van der Waals surface area (Å²) in [4.78, 5) is 11.1. The zero-order valence-electron chi connectivity index (χ0n) is 7.30. The first-order valence-electron chi connectivity index (χ1n) is 4.40. The van der Waals surface area contributed by atoms with Gasteiger partial charge in [-0.1, -0.05) is 0 Å². The normalized spacial score (nSPS) is 15.4. The van der Waals surface area contributed by atoms with Crippen LogP contribution in [0, 0.1) is 0 Å². The summed E-state index contributed by atoms with van der Waals surface area (Å²) < 4.78 is 2.28. The Labute approximate surface area is 86.7 Å². The van der Waals surface area contributed by atoms with Crippen molar-refractivity contribution in [3.05, 3.63) is 14.7 Å². The summed E-state index contributed by atoms with van der Waals surface area (Å²) in [5, 5.41) is 0. The van der Waals surface area contributed by atoms with E-state index in [2.05, 4.69) is 0 Å². The van der Waals surface area contributed by atoms with Crippen molar-refractivity contribution in [2.24, 2.45) is 5.73 Å². The summed E-state index contributed by atoms with van der Waals surface area (Å²) in [6, 6.07) is 0. The predicted molar refractivity (Wildman–Crippen MR) is 53.0 cm³/mol. The fourth-order valence-electron chi connectivity index (χ4n) is 1.86.